The van der Waals surface area contributed by atoms with Crippen LogP contribution in [0.25, 0.3) is 0 Å². The molecule has 1 atom stereocenters. The number of carbonyl (C=O) groups excluding carboxylic acids is 3. The highest BCUT2D eigenvalue weighted by molar-refractivity contribution is 7.89. The van der Waals surface area contributed by atoms with Gasteiger partial charge in [-0.05, 0) is 32.4 Å². The van der Waals surface area contributed by atoms with Crippen molar-refractivity contribution in [2.75, 3.05) is 19.7 Å². The van der Waals surface area contributed by atoms with E-state index in [1.165, 1.54) is 12.1 Å². The summed E-state index contributed by atoms with van der Waals surface area (Å²) in [5.41, 5.74) is 0.906. The summed E-state index contributed by atoms with van der Waals surface area (Å²) in [6, 6.07) is 6.11. The molecule has 10 heteroatoms. The lowest BCUT2D eigenvalue weighted by molar-refractivity contribution is -0.148. The third-order valence-electron chi connectivity index (χ3n) is 3.57. The minimum Gasteiger partial charge on any atom is -0.454 e. The van der Waals surface area contributed by atoms with Gasteiger partial charge in [-0.15, -0.1) is 0 Å². The van der Waals surface area contributed by atoms with Crippen molar-refractivity contribution in [1.29, 1.82) is 0 Å². The average Bonchev–Trinajstić information content (AvgIpc) is 2.63. The number of carbonyl (C=O) groups is 3. The molecule has 3 N–H and O–H groups in total. The summed E-state index contributed by atoms with van der Waals surface area (Å²) in [7, 11) is -3.83. The third-order valence-corrected chi connectivity index (χ3v) is 4.99. The molecule has 0 fully saturated rings. The summed E-state index contributed by atoms with van der Waals surface area (Å²) in [4.78, 5) is 34.7. The van der Waals surface area contributed by atoms with E-state index in [1.54, 1.807) is 12.1 Å². The van der Waals surface area contributed by atoms with E-state index in [-0.39, 0.29) is 10.9 Å². The Labute approximate surface area is 158 Å². The Kier molecular flexibility index (Phi) is 8.89. The van der Waals surface area contributed by atoms with Crippen LogP contribution in [0.2, 0.25) is 0 Å². The number of esters is 1. The molecule has 0 bridgehead atoms. The molecule has 0 aliphatic heterocycles. The summed E-state index contributed by atoms with van der Waals surface area (Å²) in [5.74, 6) is -1.94. The zero-order valence-electron chi connectivity index (χ0n) is 15.6. The van der Waals surface area contributed by atoms with Crippen LogP contribution in [0.1, 0.15) is 25.8 Å². The Bertz CT molecular complexity index is 761. The second kappa shape index (κ2) is 10.6. The molecule has 0 saturated carbocycles. The Morgan fingerprint density at radius 2 is 1.70 bits per heavy atom. The van der Waals surface area contributed by atoms with Crippen LogP contribution >= 0.6 is 0 Å². The number of aryl methyl sites for hydroxylation is 1. The first-order valence-electron chi connectivity index (χ1n) is 8.42. The number of benzene rings is 1. The van der Waals surface area contributed by atoms with E-state index >= 15 is 0 Å². The van der Waals surface area contributed by atoms with Crippen LogP contribution in [-0.4, -0.2) is 51.9 Å². The lowest BCUT2D eigenvalue weighted by Gasteiger charge is -2.11. The predicted octanol–water partition coefficient (Wildman–Crippen LogP) is -0.153. The van der Waals surface area contributed by atoms with Crippen molar-refractivity contribution in [2.45, 2.75) is 38.1 Å². The maximum atomic E-state index is 12.0. The fourth-order valence-corrected chi connectivity index (χ4v) is 2.79. The molecule has 0 aromatic heterocycles. The van der Waals surface area contributed by atoms with Crippen molar-refractivity contribution in [2.24, 2.45) is 0 Å². The van der Waals surface area contributed by atoms with Gasteiger partial charge in [-0.25, -0.2) is 13.1 Å². The van der Waals surface area contributed by atoms with Gasteiger partial charge in [0.15, 0.2) is 6.61 Å². The van der Waals surface area contributed by atoms with Gasteiger partial charge in [0.2, 0.25) is 15.9 Å². The molecule has 150 valence electrons. The van der Waals surface area contributed by atoms with E-state index < -0.39 is 47.5 Å². The van der Waals surface area contributed by atoms with E-state index in [9.17, 15) is 22.8 Å². The molecule has 0 unspecified atom stereocenters. The molecule has 0 radical (unpaired) electrons. The van der Waals surface area contributed by atoms with Crippen LogP contribution < -0.4 is 15.4 Å². The highest BCUT2D eigenvalue weighted by Gasteiger charge is 2.16. The van der Waals surface area contributed by atoms with Crippen molar-refractivity contribution in [1.82, 2.24) is 15.4 Å². The molecule has 0 heterocycles. The summed E-state index contributed by atoms with van der Waals surface area (Å²) in [6.45, 7) is 4.10. The van der Waals surface area contributed by atoms with Crippen LogP contribution in [-0.2, 0) is 29.1 Å². The van der Waals surface area contributed by atoms with Crippen molar-refractivity contribution in [3.8, 4) is 0 Å². The summed E-state index contributed by atoms with van der Waals surface area (Å²) >= 11 is 0. The van der Waals surface area contributed by atoms with E-state index in [0.717, 1.165) is 12.0 Å². The van der Waals surface area contributed by atoms with Crippen LogP contribution in [0.4, 0.5) is 0 Å². The molecule has 1 aromatic carbocycles. The molecular formula is C17H25N3O6S. The molecule has 0 saturated heterocycles. The van der Waals surface area contributed by atoms with Gasteiger partial charge < -0.3 is 15.4 Å². The van der Waals surface area contributed by atoms with E-state index in [2.05, 4.69) is 15.4 Å². The molecule has 2 amide bonds. The van der Waals surface area contributed by atoms with Crippen molar-refractivity contribution in [3.05, 3.63) is 29.8 Å². The lowest BCUT2D eigenvalue weighted by Crippen LogP contribution is -2.40. The number of nitrogens with one attached hydrogen (secondary N) is 3. The monoisotopic (exact) mass is 399 g/mol. The van der Waals surface area contributed by atoms with Gasteiger partial charge >= 0.3 is 5.97 Å². The smallest absolute Gasteiger partial charge is 0.325 e. The van der Waals surface area contributed by atoms with Crippen LogP contribution in [0.3, 0.4) is 0 Å². The van der Waals surface area contributed by atoms with Gasteiger partial charge in [0, 0.05) is 6.04 Å². The van der Waals surface area contributed by atoms with Crippen molar-refractivity contribution < 1.29 is 27.5 Å². The van der Waals surface area contributed by atoms with Crippen molar-refractivity contribution >= 4 is 27.8 Å². The Hall–Kier alpha value is -2.46. The highest BCUT2D eigenvalue weighted by Crippen LogP contribution is 2.09. The second-order valence-corrected chi connectivity index (χ2v) is 7.72. The predicted molar refractivity (Wildman–Crippen MR) is 98.2 cm³/mol. The molecular weight excluding hydrogens is 374 g/mol. The first kappa shape index (κ1) is 22.6. The molecule has 0 aliphatic carbocycles. The zero-order chi connectivity index (χ0) is 20.4. The molecule has 0 spiro atoms. The number of hydrogen-bond acceptors (Lipinski definition) is 6. The van der Waals surface area contributed by atoms with Crippen molar-refractivity contribution in [3.63, 3.8) is 0 Å². The van der Waals surface area contributed by atoms with E-state index in [4.69, 9.17) is 4.74 Å². The minimum absolute atomic E-state index is 0.0301. The molecule has 9 nitrogen and oxygen atoms in total. The number of ether oxygens (including phenoxy) is 1. The number of amides is 2. The zero-order valence-corrected chi connectivity index (χ0v) is 16.4. The Morgan fingerprint density at radius 3 is 2.30 bits per heavy atom. The fourth-order valence-electron chi connectivity index (χ4n) is 1.81. The quantitative estimate of drug-likeness (QED) is 0.469. The molecule has 0 aliphatic rings. The number of rotatable bonds is 10. The lowest BCUT2D eigenvalue weighted by atomic mass is 10.2. The number of sulfonamides is 1. The summed E-state index contributed by atoms with van der Waals surface area (Å²) in [5, 5.41) is 4.84. The van der Waals surface area contributed by atoms with Crippen LogP contribution in [0, 0.1) is 6.92 Å². The second-order valence-electron chi connectivity index (χ2n) is 5.95. The first-order valence-corrected chi connectivity index (χ1v) is 9.90. The summed E-state index contributed by atoms with van der Waals surface area (Å²) < 4.78 is 31.0. The third kappa shape index (κ3) is 8.65. The maximum absolute atomic E-state index is 12.0. The van der Waals surface area contributed by atoms with E-state index in [1.807, 2.05) is 20.8 Å². The largest absolute Gasteiger partial charge is 0.454 e. The number of hydrogen-bond donors (Lipinski definition) is 3. The SMILES string of the molecule is CC[C@H](C)NC(=O)COC(=O)CNC(=O)CNS(=O)(=O)c1ccc(C)cc1. The minimum atomic E-state index is -3.83. The van der Waals surface area contributed by atoms with Crippen LogP contribution in [0.5, 0.6) is 0 Å². The maximum Gasteiger partial charge on any atom is 0.325 e. The standard InChI is InChI=1S/C17H25N3O6S/c1-4-13(3)20-16(22)11-26-17(23)10-18-15(21)9-19-27(24,25)14-7-5-12(2)6-8-14/h5-8,13,19H,4,9-11H2,1-3H3,(H,18,21)(H,20,22)/t13-/m0/s1. The first-order chi connectivity index (χ1) is 12.6. The van der Waals surface area contributed by atoms with Gasteiger partial charge in [-0.2, -0.15) is 0 Å². The average molecular weight is 399 g/mol. The normalized spacial score (nSPS) is 12.1. The van der Waals surface area contributed by atoms with Gasteiger partial charge in [0.25, 0.3) is 5.91 Å². The fraction of sp³-hybridized carbons (Fsp3) is 0.471. The summed E-state index contributed by atoms with van der Waals surface area (Å²) in [6.07, 6.45) is 0.744. The topological polar surface area (TPSA) is 131 Å². The Morgan fingerprint density at radius 1 is 1.07 bits per heavy atom. The van der Waals surface area contributed by atoms with E-state index in [0.29, 0.717) is 0 Å². The Balaban J connectivity index is 2.33. The highest BCUT2D eigenvalue weighted by atomic mass is 32.2. The van der Waals surface area contributed by atoms with Crippen LogP contribution in [0.15, 0.2) is 29.2 Å². The molecule has 27 heavy (non-hydrogen) atoms. The molecule has 1 aromatic rings. The van der Waals surface area contributed by atoms with Gasteiger partial charge in [-0.3, -0.25) is 14.4 Å². The van der Waals surface area contributed by atoms with Gasteiger partial charge in [-0.1, -0.05) is 24.6 Å². The van der Waals surface area contributed by atoms with Gasteiger partial charge in [0.05, 0.1) is 11.4 Å². The van der Waals surface area contributed by atoms with Gasteiger partial charge in [0.1, 0.15) is 6.54 Å². The molecule has 1 rings (SSSR count).